The maximum Gasteiger partial charge on any atom is 0.390 e. The van der Waals surface area contributed by atoms with E-state index in [-0.39, 0.29) is 18.1 Å². The molecular weight excluding hydrogens is 249 g/mol. The molecule has 1 rings (SSSR count). The first-order chi connectivity index (χ1) is 8.33. The van der Waals surface area contributed by atoms with Crippen molar-refractivity contribution in [2.45, 2.75) is 12.6 Å². The van der Waals surface area contributed by atoms with E-state index in [0.29, 0.717) is 5.69 Å². The standard InChI is InChI=1S/C10H13F3N4O/c1-17(5-3-10(11,12)13)7-2-4-15-8(6-7)9(14)16-18/h2,4,6,18H,3,5H2,1H3,(H2,14,16). The van der Waals surface area contributed by atoms with Crippen LogP contribution >= 0.6 is 0 Å². The maximum atomic E-state index is 12.1. The van der Waals surface area contributed by atoms with Crippen LogP contribution in [0.4, 0.5) is 18.9 Å². The molecule has 0 spiro atoms. The van der Waals surface area contributed by atoms with E-state index in [1.165, 1.54) is 24.2 Å². The number of oxime groups is 1. The topological polar surface area (TPSA) is 74.7 Å². The average Bonchev–Trinajstić information content (AvgIpc) is 2.34. The highest BCUT2D eigenvalue weighted by molar-refractivity contribution is 5.95. The number of nitrogens with two attached hydrogens (primary N) is 1. The van der Waals surface area contributed by atoms with Gasteiger partial charge in [0.25, 0.3) is 0 Å². The van der Waals surface area contributed by atoms with Gasteiger partial charge in [-0.15, -0.1) is 0 Å². The van der Waals surface area contributed by atoms with Gasteiger partial charge in [0.1, 0.15) is 5.69 Å². The fourth-order valence-electron chi connectivity index (χ4n) is 1.27. The molecule has 0 radical (unpaired) electrons. The second-order valence-corrected chi connectivity index (χ2v) is 3.67. The number of anilines is 1. The van der Waals surface area contributed by atoms with Crippen LogP contribution in [-0.2, 0) is 0 Å². The van der Waals surface area contributed by atoms with E-state index in [2.05, 4.69) is 10.1 Å². The molecule has 0 atom stereocenters. The van der Waals surface area contributed by atoms with Crippen LogP contribution in [-0.4, -0.2) is 35.8 Å². The van der Waals surface area contributed by atoms with Gasteiger partial charge in [0.15, 0.2) is 5.84 Å². The second kappa shape index (κ2) is 5.56. The van der Waals surface area contributed by atoms with Gasteiger partial charge in [0, 0.05) is 25.5 Å². The SMILES string of the molecule is CN(CCC(F)(F)F)c1ccnc(C(N)=NO)c1. The van der Waals surface area contributed by atoms with Gasteiger partial charge < -0.3 is 15.8 Å². The molecule has 0 unspecified atom stereocenters. The molecule has 0 fully saturated rings. The van der Waals surface area contributed by atoms with Crippen LogP contribution in [0.1, 0.15) is 12.1 Å². The van der Waals surface area contributed by atoms with Crippen LogP contribution < -0.4 is 10.6 Å². The predicted molar refractivity (Wildman–Crippen MR) is 60.7 cm³/mol. The molecule has 1 aromatic rings. The first kappa shape index (κ1) is 14.1. The van der Waals surface area contributed by atoms with E-state index in [4.69, 9.17) is 10.9 Å². The molecule has 0 amide bonds. The summed E-state index contributed by atoms with van der Waals surface area (Å²) in [6.07, 6.45) is -3.73. The average molecular weight is 262 g/mol. The molecule has 1 aromatic heterocycles. The zero-order valence-electron chi connectivity index (χ0n) is 9.65. The number of hydrogen-bond donors (Lipinski definition) is 2. The zero-order chi connectivity index (χ0) is 13.8. The van der Waals surface area contributed by atoms with Crippen molar-refractivity contribution in [1.29, 1.82) is 0 Å². The van der Waals surface area contributed by atoms with Gasteiger partial charge in [0.2, 0.25) is 0 Å². The molecule has 0 aromatic carbocycles. The lowest BCUT2D eigenvalue weighted by Crippen LogP contribution is -2.24. The summed E-state index contributed by atoms with van der Waals surface area (Å²) in [7, 11) is 1.52. The Hall–Kier alpha value is -1.99. The molecule has 0 aliphatic heterocycles. The van der Waals surface area contributed by atoms with Gasteiger partial charge in [0.05, 0.1) is 6.42 Å². The Bertz CT molecular complexity index is 433. The summed E-state index contributed by atoms with van der Waals surface area (Å²) < 4.78 is 36.2. The molecule has 0 aliphatic carbocycles. The minimum atomic E-state index is -4.20. The molecule has 1 heterocycles. The number of rotatable bonds is 4. The van der Waals surface area contributed by atoms with Crippen molar-refractivity contribution >= 4 is 11.5 Å². The molecule has 0 aliphatic rings. The molecule has 100 valence electrons. The van der Waals surface area contributed by atoms with Crippen LogP contribution in [0.15, 0.2) is 23.5 Å². The quantitative estimate of drug-likeness (QED) is 0.374. The lowest BCUT2D eigenvalue weighted by molar-refractivity contribution is -0.132. The highest BCUT2D eigenvalue weighted by atomic mass is 19.4. The Morgan fingerprint density at radius 3 is 2.78 bits per heavy atom. The summed E-state index contributed by atoms with van der Waals surface area (Å²) in [5, 5.41) is 11.3. The first-order valence-corrected chi connectivity index (χ1v) is 5.05. The Kier molecular flexibility index (Phi) is 4.35. The van der Waals surface area contributed by atoms with Crippen LogP contribution in [0.25, 0.3) is 0 Å². The molecular formula is C10H13F3N4O. The van der Waals surface area contributed by atoms with Crippen molar-refractivity contribution in [2.24, 2.45) is 10.9 Å². The fourth-order valence-corrected chi connectivity index (χ4v) is 1.27. The molecule has 0 saturated heterocycles. The van der Waals surface area contributed by atoms with Gasteiger partial charge >= 0.3 is 6.18 Å². The van der Waals surface area contributed by atoms with E-state index in [1.807, 2.05) is 0 Å². The van der Waals surface area contributed by atoms with Crippen molar-refractivity contribution in [3.8, 4) is 0 Å². The number of aromatic nitrogens is 1. The number of amidine groups is 1. The largest absolute Gasteiger partial charge is 0.409 e. The lowest BCUT2D eigenvalue weighted by atomic mass is 10.2. The van der Waals surface area contributed by atoms with Crippen LogP contribution in [0.3, 0.4) is 0 Å². The Morgan fingerprint density at radius 1 is 1.56 bits per heavy atom. The second-order valence-electron chi connectivity index (χ2n) is 3.67. The van der Waals surface area contributed by atoms with Gasteiger partial charge in [-0.3, -0.25) is 4.98 Å². The summed E-state index contributed by atoms with van der Waals surface area (Å²) in [5.74, 6) is -0.193. The Morgan fingerprint density at radius 2 is 2.22 bits per heavy atom. The van der Waals surface area contributed by atoms with Gasteiger partial charge in [-0.1, -0.05) is 5.16 Å². The predicted octanol–water partition coefficient (Wildman–Crippen LogP) is 1.56. The van der Waals surface area contributed by atoms with Gasteiger partial charge in [-0.25, -0.2) is 0 Å². The summed E-state index contributed by atoms with van der Waals surface area (Å²) >= 11 is 0. The monoisotopic (exact) mass is 262 g/mol. The fraction of sp³-hybridized carbons (Fsp3) is 0.400. The number of halogens is 3. The third-order valence-corrected chi connectivity index (χ3v) is 2.29. The number of nitrogens with zero attached hydrogens (tertiary/aromatic N) is 3. The Labute approximate surface area is 102 Å². The summed E-state index contributed by atoms with van der Waals surface area (Å²) in [6, 6.07) is 3.00. The van der Waals surface area contributed by atoms with E-state index < -0.39 is 12.6 Å². The first-order valence-electron chi connectivity index (χ1n) is 5.05. The summed E-state index contributed by atoms with van der Waals surface area (Å²) in [5.41, 5.74) is 6.06. The van der Waals surface area contributed by atoms with E-state index in [1.54, 1.807) is 6.07 Å². The van der Waals surface area contributed by atoms with E-state index in [9.17, 15) is 13.2 Å². The van der Waals surface area contributed by atoms with Crippen molar-refractivity contribution < 1.29 is 18.4 Å². The third kappa shape index (κ3) is 4.11. The Balaban J connectivity index is 2.77. The van der Waals surface area contributed by atoms with E-state index in [0.717, 1.165) is 0 Å². The minimum absolute atomic E-state index is 0.177. The normalized spacial score (nSPS) is 12.6. The molecule has 8 heteroatoms. The van der Waals surface area contributed by atoms with E-state index >= 15 is 0 Å². The summed E-state index contributed by atoms with van der Waals surface area (Å²) in [6.45, 7) is -0.177. The zero-order valence-corrected chi connectivity index (χ0v) is 9.65. The van der Waals surface area contributed by atoms with Crippen molar-refractivity contribution in [3.63, 3.8) is 0 Å². The number of alkyl halides is 3. The van der Waals surface area contributed by atoms with Crippen molar-refractivity contribution in [3.05, 3.63) is 24.0 Å². The smallest absolute Gasteiger partial charge is 0.390 e. The maximum absolute atomic E-state index is 12.1. The van der Waals surface area contributed by atoms with Gasteiger partial charge in [-0.05, 0) is 12.1 Å². The molecule has 3 N–H and O–H groups in total. The van der Waals surface area contributed by atoms with Gasteiger partial charge in [-0.2, -0.15) is 13.2 Å². The highest BCUT2D eigenvalue weighted by Crippen LogP contribution is 2.21. The third-order valence-electron chi connectivity index (χ3n) is 2.29. The summed E-state index contributed by atoms with van der Waals surface area (Å²) in [4.78, 5) is 5.26. The molecule has 5 nitrogen and oxygen atoms in total. The van der Waals surface area contributed by atoms with Crippen LogP contribution in [0.2, 0.25) is 0 Å². The van der Waals surface area contributed by atoms with Crippen LogP contribution in [0, 0.1) is 0 Å². The molecule has 0 bridgehead atoms. The molecule has 18 heavy (non-hydrogen) atoms. The number of hydrogen-bond acceptors (Lipinski definition) is 4. The molecule has 0 saturated carbocycles. The minimum Gasteiger partial charge on any atom is -0.409 e. The van der Waals surface area contributed by atoms with Crippen molar-refractivity contribution in [1.82, 2.24) is 4.98 Å². The number of pyridine rings is 1. The van der Waals surface area contributed by atoms with Crippen LogP contribution in [0.5, 0.6) is 0 Å². The van der Waals surface area contributed by atoms with Crippen molar-refractivity contribution in [2.75, 3.05) is 18.5 Å². The lowest BCUT2D eigenvalue weighted by Gasteiger charge is -2.20. The highest BCUT2D eigenvalue weighted by Gasteiger charge is 2.27.